The third kappa shape index (κ3) is 5.49. The lowest BCUT2D eigenvalue weighted by atomic mass is 10.0. The van der Waals surface area contributed by atoms with Crippen LogP contribution in [0.3, 0.4) is 0 Å². The average Bonchev–Trinajstić information content (AvgIpc) is 3.26. The number of hydrogen-bond donors (Lipinski definition) is 1. The molecule has 0 atom stereocenters. The van der Waals surface area contributed by atoms with E-state index < -0.39 is 39.1 Å². The number of amides is 1. The predicted molar refractivity (Wildman–Crippen MR) is 122 cm³/mol. The van der Waals surface area contributed by atoms with E-state index in [1.54, 1.807) is 0 Å². The van der Waals surface area contributed by atoms with Crippen molar-refractivity contribution < 1.29 is 26.4 Å². The zero-order valence-corrected chi connectivity index (χ0v) is 19.8. The molecule has 4 rings (SSSR count). The monoisotopic (exact) mass is 537 g/mol. The van der Waals surface area contributed by atoms with Crippen molar-refractivity contribution in [3.05, 3.63) is 77.0 Å². The van der Waals surface area contributed by atoms with Gasteiger partial charge in [-0.3, -0.25) is 14.5 Å². The van der Waals surface area contributed by atoms with Crippen LogP contribution in [0.15, 0.2) is 54.5 Å². The Morgan fingerprint density at radius 1 is 1.14 bits per heavy atom. The number of nitrogens with zero attached hydrogens (tertiary/aromatic N) is 6. The van der Waals surface area contributed by atoms with Crippen LogP contribution in [-0.2, 0) is 16.4 Å². The molecule has 0 unspecified atom stereocenters. The summed E-state index contributed by atoms with van der Waals surface area (Å²) >= 11 is 5.75. The van der Waals surface area contributed by atoms with Gasteiger partial charge in [-0.25, -0.2) is 36.5 Å². The van der Waals surface area contributed by atoms with Gasteiger partial charge in [-0.2, -0.15) is 5.10 Å². The molecule has 0 spiro atoms. The molecule has 186 valence electrons. The highest BCUT2D eigenvalue weighted by atomic mass is 35.5. The molecule has 3 aromatic heterocycles. The molecule has 15 heteroatoms. The van der Waals surface area contributed by atoms with Crippen LogP contribution in [0.5, 0.6) is 0 Å². The number of anilines is 1. The van der Waals surface area contributed by atoms with Crippen molar-refractivity contribution in [2.75, 3.05) is 11.6 Å². The summed E-state index contributed by atoms with van der Waals surface area (Å²) in [5, 5.41) is 5.94. The molecule has 0 saturated heterocycles. The molecule has 0 aliphatic rings. The second-order valence-corrected chi connectivity index (χ2v) is 9.76. The van der Waals surface area contributed by atoms with Crippen molar-refractivity contribution in [3.63, 3.8) is 0 Å². The molecular formula is C21H15ClF3N7O3S. The maximum atomic E-state index is 14.6. The number of rotatable bonds is 7. The van der Waals surface area contributed by atoms with Crippen LogP contribution in [-0.4, -0.2) is 50.3 Å². The van der Waals surface area contributed by atoms with Crippen LogP contribution >= 0.6 is 11.6 Å². The van der Waals surface area contributed by atoms with Gasteiger partial charge in [0.15, 0.2) is 5.82 Å². The molecule has 0 fully saturated rings. The number of aromatic nitrogens is 6. The van der Waals surface area contributed by atoms with Crippen LogP contribution in [0.2, 0.25) is 5.02 Å². The first-order valence-electron chi connectivity index (χ1n) is 9.96. The molecule has 3 heterocycles. The van der Waals surface area contributed by atoms with Gasteiger partial charge in [0.05, 0.1) is 41.5 Å². The average molecular weight is 538 g/mol. The normalized spacial score (nSPS) is 11.6. The summed E-state index contributed by atoms with van der Waals surface area (Å²) in [6, 6.07) is 1.99. The Hall–Kier alpha value is -3.91. The summed E-state index contributed by atoms with van der Waals surface area (Å²) in [6.07, 6.45) is 5.62. The molecule has 1 N–H and O–H groups in total. The minimum absolute atomic E-state index is 0.180. The fourth-order valence-corrected chi connectivity index (χ4v) is 3.76. The fourth-order valence-electron chi connectivity index (χ4n) is 3.12. The molecule has 0 bridgehead atoms. The lowest BCUT2D eigenvalue weighted by molar-refractivity contribution is 0.102. The highest BCUT2D eigenvalue weighted by Crippen LogP contribution is 2.35. The van der Waals surface area contributed by atoms with E-state index in [1.165, 1.54) is 29.5 Å². The minimum Gasteiger partial charge on any atom is -0.318 e. The first-order valence-corrected chi connectivity index (χ1v) is 12.2. The van der Waals surface area contributed by atoms with E-state index in [2.05, 4.69) is 30.4 Å². The fraction of sp³-hybridized carbons (Fsp3) is 0.143. The Morgan fingerprint density at radius 3 is 2.53 bits per heavy atom. The summed E-state index contributed by atoms with van der Waals surface area (Å²) in [7, 11) is -3.53. The van der Waals surface area contributed by atoms with Gasteiger partial charge in [-0.1, -0.05) is 17.7 Å². The number of carbonyl (C=O) groups excluding carboxylic acids is 1. The van der Waals surface area contributed by atoms with Gasteiger partial charge in [-0.05, 0) is 6.07 Å². The lowest BCUT2D eigenvalue weighted by Gasteiger charge is -2.11. The molecule has 0 radical (unpaired) electrons. The van der Waals surface area contributed by atoms with Gasteiger partial charge in [-0.15, -0.1) is 0 Å². The number of nitrogens with one attached hydrogen (secondary N) is 1. The van der Waals surface area contributed by atoms with Gasteiger partial charge < -0.3 is 5.32 Å². The standard InChI is InChI=1S/C21H15ClF3N7O3S/c1-36(34,35)21-27-4-11(5-28-21)9-32-10-12(6-29-32)30-20(33)16-8-26-7-15(31-16)17-13(19(24)25)2-3-14(22)18(17)23/h2-8,10,19H,9H2,1H3,(H,30,33). The maximum absolute atomic E-state index is 14.6. The van der Waals surface area contributed by atoms with Crippen LogP contribution in [0.4, 0.5) is 18.9 Å². The molecule has 36 heavy (non-hydrogen) atoms. The first-order chi connectivity index (χ1) is 17.0. The second kappa shape index (κ2) is 9.99. The summed E-state index contributed by atoms with van der Waals surface area (Å²) in [6.45, 7) is 0.180. The van der Waals surface area contributed by atoms with Gasteiger partial charge in [0.2, 0.25) is 15.0 Å². The van der Waals surface area contributed by atoms with Crippen molar-refractivity contribution in [1.29, 1.82) is 0 Å². The summed E-state index contributed by atoms with van der Waals surface area (Å²) in [5.74, 6) is -1.85. The maximum Gasteiger partial charge on any atom is 0.275 e. The van der Waals surface area contributed by atoms with E-state index in [1.807, 2.05) is 0 Å². The summed E-state index contributed by atoms with van der Waals surface area (Å²) < 4.78 is 65.8. The Bertz CT molecular complexity index is 1550. The third-order valence-corrected chi connectivity index (χ3v) is 5.90. The molecule has 1 aromatic carbocycles. The van der Waals surface area contributed by atoms with Gasteiger partial charge in [0.25, 0.3) is 12.3 Å². The van der Waals surface area contributed by atoms with E-state index in [0.717, 1.165) is 30.8 Å². The third-order valence-electron chi connectivity index (χ3n) is 4.73. The minimum atomic E-state index is -3.53. The van der Waals surface area contributed by atoms with Crippen LogP contribution in [0.25, 0.3) is 11.3 Å². The quantitative estimate of drug-likeness (QED) is 0.354. The molecular weight excluding hydrogens is 523 g/mol. The van der Waals surface area contributed by atoms with E-state index >= 15 is 0 Å². The van der Waals surface area contributed by atoms with E-state index in [4.69, 9.17) is 11.6 Å². The summed E-state index contributed by atoms with van der Waals surface area (Å²) in [4.78, 5) is 28.1. The van der Waals surface area contributed by atoms with Crippen LogP contribution in [0.1, 0.15) is 28.0 Å². The Morgan fingerprint density at radius 2 is 1.86 bits per heavy atom. The van der Waals surface area contributed by atoms with Crippen molar-refractivity contribution in [2.45, 2.75) is 18.1 Å². The van der Waals surface area contributed by atoms with Crippen molar-refractivity contribution >= 4 is 33.0 Å². The smallest absolute Gasteiger partial charge is 0.275 e. The van der Waals surface area contributed by atoms with Crippen LogP contribution in [0, 0.1) is 5.82 Å². The predicted octanol–water partition coefficient (Wildman–Crippen LogP) is 3.56. The number of hydrogen-bond acceptors (Lipinski definition) is 8. The van der Waals surface area contributed by atoms with Gasteiger partial charge >= 0.3 is 0 Å². The Labute approximate surface area is 207 Å². The van der Waals surface area contributed by atoms with E-state index in [9.17, 15) is 26.4 Å². The Balaban J connectivity index is 1.51. The van der Waals surface area contributed by atoms with Crippen LogP contribution < -0.4 is 5.32 Å². The zero-order valence-electron chi connectivity index (χ0n) is 18.2. The number of carbonyl (C=O) groups is 1. The Kier molecular flexibility index (Phi) is 6.99. The highest BCUT2D eigenvalue weighted by molar-refractivity contribution is 7.90. The largest absolute Gasteiger partial charge is 0.318 e. The first kappa shape index (κ1) is 25.2. The van der Waals surface area contributed by atoms with E-state index in [-0.39, 0.29) is 33.8 Å². The van der Waals surface area contributed by atoms with Gasteiger partial charge in [0.1, 0.15) is 5.69 Å². The van der Waals surface area contributed by atoms with Crippen molar-refractivity contribution in [2.24, 2.45) is 0 Å². The van der Waals surface area contributed by atoms with E-state index in [0.29, 0.717) is 5.56 Å². The topological polar surface area (TPSA) is 133 Å². The summed E-state index contributed by atoms with van der Waals surface area (Å²) in [5.41, 5.74) is -0.908. The van der Waals surface area contributed by atoms with Crippen molar-refractivity contribution in [1.82, 2.24) is 29.7 Å². The highest BCUT2D eigenvalue weighted by Gasteiger charge is 2.23. The number of benzene rings is 1. The molecule has 10 nitrogen and oxygen atoms in total. The number of halogens is 4. The number of sulfone groups is 1. The van der Waals surface area contributed by atoms with Gasteiger partial charge in [0, 0.05) is 41.5 Å². The lowest BCUT2D eigenvalue weighted by Crippen LogP contribution is -2.14. The molecule has 0 aliphatic carbocycles. The molecule has 0 aliphatic heterocycles. The SMILES string of the molecule is CS(=O)(=O)c1ncc(Cn2cc(NC(=O)c3cncc(-c4c(C(F)F)ccc(Cl)c4F)n3)cn2)cn1. The molecule has 0 saturated carbocycles. The second-order valence-electron chi connectivity index (χ2n) is 7.44. The molecule has 1 amide bonds. The number of alkyl halides is 2. The van der Waals surface area contributed by atoms with Crippen molar-refractivity contribution in [3.8, 4) is 11.3 Å². The molecule has 4 aromatic rings. The zero-order chi connectivity index (χ0) is 26.0.